The Bertz CT molecular complexity index is 384. The SMILES string of the molecule is CCC1(CC)CC(CN)(Sc2ccc(C)cc2)C1. The number of aryl methyl sites for hydroxylation is 1. The van der Waals surface area contributed by atoms with Crippen LogP contribution in [0.4, 0.5) is 0 Å². The summed E-state index contributed by atoms with van der Waals surface area (Å²) in [6.45, 7) is 7.57. The van der Waals surface area contributed by atoms with Crippen LogP contribution in [0.3, 0.4) is 0 Å². The minimum absolute atomic E-state index is 0.293. The Hall–Kier alpha value is -0.470. The first kappa shape index (κ1) is 14.0. The van der Waals surface area contributed by atoms with Crippen LogP contribution in [0.15, 0.2) is 29.2 Å². The number of hydrogen-bond donors (Lipinski definition) is 1. The van der Waals surface area contributed by atoms with Crippen molar-refractivity contribution in [1.29, 1.82) is 0 Å². The molecule has 1 nitrogen and oxygen atoms in total. The van der Waals surface area contributed by atoms with Crippen LogP contribution < -0.4 is 5.73 Å². The van der Waals surface area contributed by atoms with Crippen molar-refractivity contribution in [3.05, 3.63) is 29.8 Å². The summed E-state index contributed by atoms with van der Waals surface area (Å²) in [5.74, 6) is 0. The summed E-state index contributed by atoms with van der Waals surface area (Å²) < 4.78 is 0.293. The molecular weight excluding hydrogens is 238 g/mol. The maximum Gasteiger partial charge on any atom is 0.0339 e. The summed E-state index contributed by atoms with van der Waals surface area (Å²) in [6, 6.07) is 8.85. The lowest BCUT2D eigenvalue weighted by Gasteiger charge is -2.55. The highest BCUT2D eigenvalue weighted by molar-refractivity contribution is 8.00. The van der Waals surface area contributed by atoms with Gasteiger partial charge in [0.15, 0.2) is 0 Å². The zero-order valence-corrected chi connectivity index (χ0v) is 12.6. The zero-order valence-electron chi connectivity index (χ0n) is 11.8. The first-order valence-electron chi connectivity index (χ1n) is 7.03. The van der Waals surface area contributed by atoms with Gasteiger partial charge < -0.3 is 5.73 Å². The molecule has 1 aromatic carbocycles. The number of hydrogen-bond acceptors (Lipinski definition) is 2. The van der Waals surface area contributed by atoms with Gasteiger partial charge in [0.2, 0.25) is 0 Å². The van der Waals surface area contributed by atoms with Gasteiger partial charge in [0.05, 0.1) is 0 Å². The van der Waals surface area contributed by atoms with Gasteiger partial charge in [0.25, 0.3) is 0 Å². The minimum atomic E-state index is 0.293. The van der Waals surface area contributed by atoms with E-state index in [9.17, 15) is 0 Å². The molecule has 0 spiro atoms. The van der Waals surface area contributed by atoms with E-state index < -0.39 is 0 Å². The van der Waals surface area contributed by atoms with Crippen molar-refractivity contribution >= 4 is 11.8 Å². The summed E-state index contributed by atoms with van der Waals surface area (Å²) in [5, 5.41) is 0. The molecule has 1 aromatic rings. The second-order valence-electron chi connectivity index (χ2n) is 5.86. The van der Waals surface area contributed by atoms with Gasteiger partial charge in [-0.15, -0.1) is 11.8 Å². The highest BCUT2D eigenvalue weighted by atomic mass is 32.2. The minimum Gasteiger partial charge on any atom is -0.329 e. The predicted octanol–water partition coefficient (Wildman–Crippen LogP) is 4.38. The van der Waals surface area contributed by atoms with Crippen LogP contribution in [-0.4, -0.2) is 11.3 Å². The van der Waals surface area contributed by atoms with E-state index in [2.05, 4.69) is 45.0 Å². The summed E-state index contributed by atoms with van der Waals surface area (Å²) in [7, 11) is 0. The molecule has 18 heavy (non-hydrogen) atoms. The number of nitrogens with two attached hydrogens (primary N) is 1. The van der Waals surface area contributed by atoms with E-state index in [1.165, 1.54) is 36.1 Å². The van der Waals surface area contributed by atoms with E-state index in [1.54, 1.807) is 0 Å². The van der Waals surface area contributed by atoms with Crippen LogP contribution in [0, 0.1) is 12.3 Å². The molecule has 1 aliphatic rings. The fraction of sp³-hybridized carbons (Fsp3) is 0.625. The van der Waals surface area contributed by atoms with Crippen LogP contribution in [0.2, 0.25) is 0 Å². The number of benzene rings is 1. The third kappa shape index (κ3) is 2.60. The molecule has 0 amide bonds. The van der Waals surface area contributed by atoms with E-state index in [0.29, 0.717) is 10.2 Å². The van der Waals surface area contributed by atoms with Crippen molar-refractivity contribution in [3.8, 4) is 0 Å². The molecule has 1 aliphatic carbocycles. The largest absolute Gasteiger partial charge is 0.329 e. The molecule has 0 radical (unpaired) electrons. The quantitative estimate of drug-likeness (QED) is 0.853. The second-order valence-corrected chi connectivity index (χ2v) is 7.40. The van der Waals surface area contributed by atoms with Crippen molar-refractivity contribution in [2.75, 3.05) is 6.54 Å². The highest BCUT2D eigenvalue weighted by Crippen LogP contribution is 2.60. The maximum atomic E-state index is 6.06. The molecule has 1 fully saturated rings. The first-order valence-corrected chi connectivity index (χ1v) is 7.84. The topological polar surface area (TPSA) is 26.0 Å². The summed E-state index contributed by atoms with van der Waals surface area (Å²) in [6.07, 6.45) is 5.14. The second kappa shape index (κ2) is 5.26. The van der Waals surface area contributed by atoms with Gasteiger partial charge in [-0.05, 0) is 37.3 Å². The molecule has 0 unspecified atom stereocenters. The average Bonchev–Trinajstić information content (AvgIpc) is 2.36. The third-order valence-corrected chi connectivity index (χ3v) is 6.02. The number of rotatable bonds is 5. The Labute approximate surface area is 116 Å². The molecule has 0 aromatic heterocycles. The van der Waals surface area contributed by atoms with E-state index >= 15 is 0 Å². The lowest BCUT2D eigenvalue weighted by Crippen LogP contribution is -2.53. The first-order chi connectivity index (χ1) is 8.57. The molecule has 0 heterocycles. The zero-order chi connectivity index (χ0) is 13.2. The Morgan fingerprint density at radius 1 is 1.11 bits per heavy atom. The molecule has 0 bridgehead atoms. The normalized spacial score (nSPS) is 20.4. The third-order valence-electron chi connectivity index (χ3n) is 4.62. The van der Waals surface area contributed by atoms with Crippen LogP contribution in [-0.2, 0) is 0 Å². The summed E-state index contributed by atoms with van der Waals surface area (Å²) in [5.41, 5.74) is 7.95. The molecule has 2 rings (SSSR count). The Kier molecular flexibility index (Phi) is 4.08. The fourth-order valence-electron chi connectivity index (χ4n) is 3.18. The molecule has 0 atom stereocenters. The summed E-state index contributed by atoms with van der Waals surface area (Å²) in [4.78, 5) is 1.37. The van der Waals surface area contributed by atoms with Crippen LogP contribution in [0.1, 0.15) is 45.1 Å². The van der Waals surface area contributed by atoms with Gasteiger partial charge in [-0.25, -0.2) is 0 Å². The molecule has 100 valence electrons. The highest BCUT2D eigenvalue weighted by Gasteiger charge is 2.52. The van der Waals surface area contributed by atoms with Gasteiger partial charge >= 0.3 is 0 Å². The van der Waals surface area contributed by atoms with Crippen LogP contribution in [0.25, 0.3) is 0 Å². The van der Waals surface area contributed by atoms with E-state index in [0.717, 1.165) is 6.54 Å². The average molecular weight is 263 g/mol. The van der Waals surface area contributed by atoms with E-state index in [-0.39, 0.29) is 0 Å². The Morgan fingerprint density at radius 2 is 1.67 bits per heavy atom. The van der Waals surface area contributed by atoms with Gasteiger partial charge in [-0.3, -0.25) is 0 Å². The van der Waals surface area contributed by atoms with E-state index in [4.69, 9.17) is 5.73 Å². The van der Waals surface area contributed by atoms with Crippen molar-refractivity contribution in [3.63, 3.8) is 0 Å². The van der Waals surface area contributed by atoms with Crippen LogP contribution >= 0.6 is 11.8 Å². The maximum absolute atomic E-state index is 6.06. The molecular formula is C16H25NS. The smallest absolute Gasteiger partial charge is 0.0339 e. The van der Waals surface area contributed by atoms with Gasteiger partial charge in [-0.2, -0.15) is 0 Å². The van der Waals surface area contributed by atoms with Crippen molar-refractivity contribution in [1.82, 2.24) is 0 Å². The van der Waals surface area contributed by atoms with Gasteiger partial charge in [0, 0.05) is 16.2 Å². The number of thioether (sulfide) groups is 1. The molecule has 2 heteroatoms. The standard InChI is InChI=1S/C16H25NS/c1-4-15(5-2)10-16(11-15,12-17)18-14-8-6-13(3)7-9-14/h6-9H,4-5,10-12,17H2,1-3H3. The fourth-order valence-corrected chi connectivity index (χ4v) is 4.79. The molecule has 2 N–H and O–H groups in total. The Morgan fingerprint density at radius 3 is 2.11 bits per heavy atom. The predicted molar refractivity (Wildman–Crippen MR) is 81.1 cm³/mol. The molecule has 1 saturated carbocycles. The van der Waals surface area contributed by atoms with E-state index in [1.807, 2.05) is 11.8 Å². The monoisotopic (exact) mass is 263 g/mol. The van der Waals surface area contributed by atoms with Gasteiger partial charge in [0.1, 0.15) is 0 Å². The molecule has 0 aliphatic heterocycles. The van der Waals surface area contributed by atoms with Crippen molar-refractivity contribution < 1.29 is 0 Å². The van der Waals surface area contributed by atoms with Gasteiger partial charge in [-0.1, -0.05) is 44.4 Å². The lowest BCUT2D eigenvalue weighted by atomic mass is 9.58. The van der Waals surface area contributed by atoms with Crippen molar-refractivity contribution in [2.45, 2.75) is 56.1 Å². The Balaban J connectivity index is 2.05. The van der Waals surface area contributed by atoms with Crippen LogP contribution in [0.5, 0.6) is 0 Å². The summed E-state index contributed by atoms with van der Waals surface area (Å²) >= 11 is 1.99. The van der Waals surface area contributed by atoms with Crippen molar-refractivity contribution in [2.24, 2.45) is 11.1 Å². The lowest BCUT2D eigenvalue weighted by molar-refractivity contribution is 0.0750. The molecule has 0 saturated heterocycles.